The van der Waals surface area contributed by atoms with Crippen LogP contribution in [0, 0.1) is 5.82 Å². The zero-order valence-corrected chi connectivity index (χ0v) is 13.3. The first kappa shape index (κ1) is 16.6. The van der Waals surface area contributed by atoms with E-state index in [0.29, 0.717) is 11.1 Å². The van der Waals surface area contributed by atoms with Crippen LogP contribution in [0.25, 0.3) is 0 Å². The fourth-order valence-corrected chi connectivity index (χ4v) is 2.45. The maximum atomic E-state index is 13.3. The van der Waals surface area contributed by atoms with Crippen molar-refractivity contribution in [2.45, 2.75) is 6.10 Å². The van der Waals surface area contributed by atoms with Crippen molar-refractivity contribution in [2.75, 3.05) is 0 Å². The van der Waals surface area contributed by atoms with Gasteiger partial charge in [0.2, 0.25) is 5.78 Å². The number of ketones is 1. The van der Waals surface area contributed by atoms with Crippen LogP contribution >= 0.6 is 0 Å². The van der Waals surface area contributed by atoms with E-state index >= 15 is 0 Å². The number of hydrogen-bond donors (Lipinski definition) is 0. The van der Waals surface area contributed by atoms with E-state index in [1.54, 1.807) is 54.6 Å². The molecule has 3 aromatic rings. The Morgan fingerprint density at radius 3 is 2.00 bits per heavy atom. The zero-order valence-electron chi connectivity index (χ0n) is 13.3. The van der Waals surface area contributed by atoms with E-state index in [-0.39, 0.29) is 11.3 Å². The number of rotatable bonds is 5. The van der Waals surface area contributed by atoms with E-state index in [0.717, 1.165) is 6.07 Å². The number of benzene rings is 3. The summed E-state index contributed by atoms with van der Waals surface area (Å²) < 4.78 is 18.8. The second-order valence-corrected chi connectivity index (χ2v) is 5.44. The van der Waals surface area contributed by atoms with Crippen molar-refractivity contribution < 1.29 is 18.7 Å². The second-order valence-electron chi connectivity index (χ2n) is 5.44. The summed E-state index contributed by atoms with van der Waals surface area (Å²) in [5.74, 6) is -1.63. The highest BCUT2D eigenvalue weighted by molar-refractivity contribution is 6.02. The molecule has 0 saturated heterocycles. The molecule has 0 aliphatic rings. The average molecular weight is 334 g/mol. The van der Waals surface area contributed by atoms with Crippen molar-refractivity contribution in [3.05, 3.63) is 107 Å². The Hall–Kier alpha value is -3.27. The van der Waals surface area contributed by atoms with Crippen LogP contribution in [0.5, 0.6) is 0 Å². The molecule has 3 aromatic carbocycles. The zero-order chi connectivity index (χ0) is 17.6. The Balaban J connectivity index is 1.92. The molecular weight excluding hydrogens is 319 g/mol. The number of Topliss-reactive ketones (excluding diaryl/α,β-unsaturated/α-hetero) is 1. The Morgan fingerprint density at radius 2 is 1.36 bits per heavy atom. The van der Waals surface area contributed by atoms with Gasteiger partial charge in [0, 0.05) is 11.1 Å². The number of esters is 1. The van der Waals surface area contributed by atoms with Crippen molar-refractivity contribution in [3.8, 4) is 0 Å². The lowest BCUT2D eigenvalue weighted by molar-refractivity contribution is 0.0279. The fourth-order valence-electron chi connectivity index (χ4n) is 2.45. The summed E-state index contributed by atoms with van der Waals surface area (Å²) in [7, 11) is 0. The minimum atomic E-state index is -1.10. The maximum Gasteiger partial charge on any atom is 0.339 e. The number of carbonyl (C=O) groups excluding carboxylic acids is 2. The molecule has 0 N–H and O–H groups in total. The molecule has 0 radical (unpaired) electrons. The Kier molecular flexibility index (Phi) is 5.00. The summed E-state index contributed by atoms with van der Waals surface area (Å²) in [4.78, 5) is 25.2. The fraction of sp³-hybridized carbons (Fsp3) is 0.0476. The predicted molar refractivity (Wildman–Crippen MR) is 91.8 cm³/mol. The lowest BCUT2D eigenvalue weighted by Crippen LogP contribution is -2.20. The minimum Gasteiger partial charge on any atom is -0.445 e. The third kappa shape index (κ3) is 3.98. The molecule has 3 nitrogen and oxygen atoms in total. The van der Waals surface area contributed by atoms with Crippen LogP contribution in [0.3, 0.4) is 0 Å². The van der Waals surface area contributed by atoms with E-state index in [1.165, 1.54) is 18.2 Å². The van der Waals surface area contributed by atoms with Gasteiger partial charge in [0.05, 0.1) is 5.56 Å². The second kappa shape index (κ2) is 7.53. The van der Waals surface area contributed by atoms with Crippen molar-refractivity contribution in [1.29, 1.82) is 0 Å². The summed E-state index contributed by atoms with van der Waals surface area (Å²) in [6, 6.07) is 22.5. The van der Waals surface area contributed by atoms with Crippen LogP contribution in [-0.4, -0.2) is 11.8 Å². The van der Waals surface area contributed by atoms with Crippen LogP contribution in [0.4, 0.5) is 4.39 Å². The van der Waals surface area contributed by atoms with Gasteiger partial charge in [-0.1, -0.05) is 66.7 Å². The molecule has 0 aliphatic carbocycles. The van der Waals surface area contributed by atoms with Crippen LogP contribution in [0.1, 0.15) is 32.4 Å². The SMILES string of the molecule is O=C(O[C@H](C(=O)c1ccccc1)c1ccccc1)c1cccc(F)c1. The first-order valence-electron chi connectivity index (χ1n) is 7.76. The molecule has 0 saturated carbocycles. The number of carbonyl (C=O) groups is 2. The van der Waals surface area contributed by atoms with E-state index < -0.39 is 17.9 Å². The normalized spacial score (nSPS) is 11.6. The monoisotopic (exact) mass is 334 g/mol. The van der Waals surface area contributed by atoms with Gasteiger partial charge in [-0.25, -0.2) is 9.18 Å². The first-order valence-corrected chi connectivity index (χ1v) is 7.76. The largest absolute Gasteiger partial charge is 0.445 e. The highest BCUT2D eigenvalue weighted by Crippen LogP contribution is 2.24. The molecule has 0 heterocycles. The van der Waals surface area contributed by atoms with E-state index in [4.69, 9.17) is 4.74 Å². The third-order valence-electron chi connectivity index (χ3n) is 3.68. The van der Waals surface area contributed by atoms with E-state index in [9.17, 15) is 14.0 Å². The number of hydrogen-bond acceptors (Lipinski definition) is 3. The van der Waals surface area contributed by atoms with Gasteiger partial charge in [0.1, 0.15) is 5.82 Å². The van der Waals surface area contributed by atoms with Crippen molar-refractivity contribution >= 4 is 11.8 Å². The molecule has 0 aliphatic heterocycles. The Bertz CT molecular complexity index is 876. The predicted octanol–water partition coefficient (Wildman–Crippen LogP) is 4.61. The molecule has 25 heavy (non-hydrogen) atoms. The van der Waals surface area contributed by atoms with Crippen LogP contribution in [0.15, 0.2) is 84.9 Å². The molecule has 0 amide bonds. The summed E-state index contributed by atoms with van der Waals surface area (Å²) in [5.41, 5.74) is 1.05. The maximum absolute atomic E-state index is 13.3. The topological polar surface area (TPSA) is 43.4 Å². The van der Waals surface area contributed by atoms with Gasteiger partial charge in [0.15, 0.2) is 6.10 Å². The van der Waals surface area contributed by atoms with Crippen LogP contribution in [-0.2, 0) is 4.74 Å². The van der Waals surface area contributed by atoms with Gasteiger partial charge in [0.25, 0.3) is 0 Å². The molecule has 0 fully saturated rings. The first-order chi connectivity index (χ1) is 12.1. The standard InChI is InChI=1S/C21H15FO3/c22-18-13-7-12-17(14-18)21(24)25-20(16-10-5-2-6-11-16)19(23)15-8-3-1-4-9-15/h1-14,20H/t20-/m0/s1. The quantitative estimate of drug-likeness (QED) is 0.506. The van der Waals surface area contributed by atoms with Gasteiger partial charge < -0.3 is 4.74 Å². The van der Waals surface area contributed by atoms with Crippen molar-refractivity contribution in [3.63, 3.8) is 0 Å². The molecule has 1 atom stereocenters. The van der Waals surface area contributed by atoms with Gasteiger partial charge in [-0.3, -0.25) is 4.79 Å². The number of halogens is 1. The molecule has 4 heteroatoms. The number of ether oxygens (including phenoxy) is 1. The molecule has 0 unspecified atom stereocenters. The third-order valence-corrected chi connectivity index (χ3v) is 3.68. The van der Waals surface area contributed by atoms with E-state index in [2.05, 4.69) is 0 Å². The summed E-state index contributed by atoms with van der Waals surface area (Å²) >= 11 is 0. The molecule has 0 bridgehead atoms. The molecule has 3 rings (SSSR count). The molecular formula is C21H15FO3. The average Bonchev–Trinajstić information content (AvgIpc) is 2.67. The summed E-state index contributed by atoms with van der Waals surface area (Å²) in [6.45, 7) is 0. The highest BCUT2D eigenvalue weighted by atomic mass is 19.1. The lowest BCUT2D eigenvalue weighted by Gasteiger charge is -2.17. The van der Waals surface area contributed by atoms with Gasteiger partial charge >= 0.3 is 5.97 Å². The van der Waals surface area contributed by atoms with Crippen molar-refractivity contribution in [2.24, 2.45) is 0 Å². The Morgan fingerprint density at radius 1 is 0.760 bits per heavy atom. The Labute approximate surface area is 144 Å². The smallest absolute Gasteiger partial charge is 0.339 e. The van der Waals surface area contributed by atoms with Crippen molar-refractivity contribution in [1.82, 2.24) is 0 Å². The van der Waals surface area contributed by atoms with Crippen LogP contribution in [0.2, 0.25) is 0 Å². The highest BCUT2D eigenvalue weighted by Gasteiger charge is 2.26. The summed E-state index contributed by atoms with van der Waals surface area (Å²) in [6.07, 6.45) is -1.10. The van der Waals surface area contributed by atoms with Gasteiger partial charge in [-0.05, 0) is 18.2 Å². The van der Waals surface area contributed by atoms with Gasteiger partial charge in [-0.2, -0.15) is 0 Å². The van der Waals surface area contributed by atoms with Crippen LogP contribution < -0.4 is 0 Å². The summed E-state index contributed by atoms with van der Waals surface area (Å²) in [5, 5.41) is 0. The molecule has 124 valence electrons. The lowest BCUT2D eigenvalue weighted by atomic mass is 10.00. The minimum absolute atomic E-state index is 0.0572. The molecule has 0 aromatic heterocycles. The van der Waals surface area contributed by atoms with E-state index in [1.807, 2.05) is 6.07 Å². The van der Waals surface area contributed by atoms with Gasteiger partial charge in [-0.15, -0.1) is 0 Å². The molecule has 0 spiro atoms.